The second kappa shape index (κ2) is 12.7. The number of alkyl halides is 1. The molecule has 1 aromatic rings. The van der Waals surface area contributed by atoms with E-state index in [1.54, 1.807) is 57.9 Å². The molecular weight excluding hydrogens is 594 g/mol. The van der Waals surface area contributed by atoms with Crippen molar-refractivity contribution in [2.75, 3.05) is 38.3 Å². The van der Waals surface area contributed by atoms with Gasteiger partial charge in [0.25, 0.3) is 5.91 Å². The maximum atomic E-state index is 14.7. The summed E-state index contributed by atoms with van der Waals surface area (Å²) in [6, 6.07) is 5.85. The van der Waals surface area contributed by atoms with E-state index in [2.05, 4.69) is 29.1 Å². The highest BCUT2D eigenvalue weighted by Gasteiger charge is 2.76. The van der Waals surface area contributed by atoms with Crippen molar-refractivity contribution in [2.45, 2.75) is 60.0 Å². The van der Waals surface area contributed by atoms with Crippen molar-refractivity contribution in [3.05, 3.63) is 49.6 Å². The molecule has 40 heavy (non-hydrogen) atoms. The Hall–Kier alpha value is -2.30. The molecule has 0 aromatic heterocycles. The van der Waals surface area contributed by atoms with E-state index in [0.29, 0.717) is 37.4 Å². The number of carbonyl (C=O) groups is 3. The summed E-state index contributed by atoms with van der Waals surface area (Å²) in [4.78, 5) is 48.1. The van der Waals surface area contributed by atoms with Gasteiger partial charge in [-0.2, -0.15) is 0 Å². The zero-order chi connectivity index (χ0) is 29.2. The predicted octanol–water partition coefficient (Wildman–Crippen LogP) is 3.87. The minimum atomic E-state index is -0.837. The van der Waals surface area contributed by atoms with Crippen LogP contribution in [0.5, 0.6) is 5.75 Å². The van der Waals surface area contributed by atoms with Crippen LogP contribution in [0.3, 0.4) is 0 Å². The third-order valence-electron chi connectivity index (χ3n) is 8.44. The highest BCUT2D eigenvalue weighted by molar-refractivity contribution is 9.09. The van der Waals surface area contributed by atoms with Crippen LogP contribution >= 0.6 is 27.7 Å². The molecule has 3 amide bonds. The summed E-state index contributed by atoms with van der Waals surface area (Å²) >= 11 is 5.44. The van der Waals surface area contributed by atoms with Crippen LogP contribution in [-0.2, 0) is 14.4 Å². The molecule has 10 heteroatoms. The van der Waals surface area contributed by atoms with Gasteiger partial charge < -0.3 is 24.5 Å². The molecule has 1 N–H and O–H groups in total. The Kier molecular flexibility index (Phi) is 9.73. The van der Waals surface area contributed by atoms with Gasteiger partial charge >= 0.3 is 0 Å². The topological polar surface area (TPSA) is 90.4 Å². The summed E-state index contributed by atoms with van der Waals surface area (Å²) in [7, 11) is 1.59. The first-order valence-electron chi connectivity index (χ1n) is 13.9. The van der Waals surface area contributed by atoms with Crippen LogP contribution in [0.25, 0.3) is 0 Å². The third kappa shape index (κ3) is 5.00. The lowest BCUT2D eigenvalue weighted by molar-refractivity contribution is -0.145. The van der Waals surface area contributed by atoms with Crippen LogP contribution in [-0.4, -0.2) is 92.9 Å². The molecule has 3 saturated heterocycles. The highest BCUT2D eigenvalue weighted by Crippen LogP contribution is 2.68. The smallest absolute Gasteiger partial charge is 0.251 e. The zero-order valence-corrected chi connectivity index (χ0v) is 25.9. The van der Waals surface area contributed by atoms with Crippen LogP contribution in [0.2, 0.25) is 0 Å². The number of aliphatic hydroxyl groups is 1. The highest BCUT2D eigenvalue weighted by atomic mass is 79.9. The number of halogens is 1. The van der Waals surface area contributed by atoms with E-state index < -0.39 is 28.7 Å². The fourth-order valence-electron chi connectivity index (χ4n) is 6.73. The summed E-state index contributed by atoms with van der Waals surface area (Å²) in [6.45, 7) is 12.6. The average Bonchev–Trinajstić information content (AvgIpc) is 3.55. The molecule has 0 radical (unpaired) electrons. The second-order valence-corrected chi connectivity index (χ2v) is 13.4. The minimum Gasteiger partial charge on any atom is -0.497 e. The van der Waals surface area contributed by atoms with E-state index in [4.69, 9.17) is 4.74 Å². The number of benzene rings is 1. The molecule has 4 rings (SSSR count). The molecule has 3 aliphatic heterocycles. The van der Waals surface area contributed by atoms with Gasteiger partial charge in [-0.05, 0) is 43.5 Å². The summed E-state index contributed by atoms with van der Waals surface area (Å²) in [5.74, 6) is -1.05. The number of carbonyl (C=O) groups excluding carboxylic acids is 3. The minimum absolute atomic E-state index is 0.0269. The number of thioether (sulfide) groups is 1. The molecule has 7 atom stereocenters. The summed E-state index contributed by atoms with van der Waals surface area (Å²) < 4.78 is 4.50. The number of ether oxygens (including phenoxy) is 1. The first-order valence-corrected chi connectivity index (χ1v) is 15.7. The van der Waals surface area contributed by atoms with Crippen LogP contribution in [0.4, 0.5) is 5.69 Å². The maximum absolute atomic E-state index is 14.7. The number of anilines is 1. The molecule has 8 nitrogen and oxygen atoms in total. The molecular formula is C30H40BrN3O5S. The van der Waals surface area contributed by atoms with Crippen molar-refractivity contribution in [3.8, 4) is 5.75 Å². The largest absolute Gasteiger partial charge is 0.497 e. The fourth-order valence-corrected chi connectivity index (χ4v) is 10.3. The molecule has 3 aliphatic rings. The van der Waals surface area contributed by atoms with Gasteiger partial charge in [0.15, 0.2) is 0 Å². The van der Waals surface area contributed by atoms with E-state index in [0.717, 1.165) is 6.42 Å². The van der Waals surface area contributed by atoms with Crippen molar-refractivity contribution in [1.29, 1.82) is 0 Å². The predicted molar refractivity (Wildman–Crippen MR) is 163 cm³/mol. The Morgan fingerprint density at radius 1 is 1.23 bits per heavy atom. The zero-order valence-electron chi connectivity index (χ0n) is 23.5. The van der Waals surface area contributed by atoms with Gasteiger partial charge in [-0.25, -0.2) is 0 Å². The number of hydrogen-bond acceptors (Lipinski definition) is 6. The lowest BCUT2D eigenvalue weighted by Crippen LogP contribution is -2.58. The Morgan fingerprint density at radius 3 is 2.45 bits per heavy atom. The van der Waals surface area contributed by atoms with Gasteiger partial charge in [0.2, 0.25) is 11.8 Å². The van der Waals surface area contributed by atoms with E-state index in [-0.39, 0.29) is 41.0 Å². The number of methoxy groups -OCH3 is 1. The summed E-state index contributed by atoms with van der Waals surface area (Å²) in [6.07, 6.45) is 5.24. The van der Waals surface area contributed by atoms with Crippen molar-refractivity contribution in [1.82, 2.24) is 9.80 Å². The number of fused-ring (bicyclic) bond motifs is 1. The third-order valence-corrected chi connectivity index (χ3v) is 11.7. The molecule has 1 spiro atoms. The summed E-state index contributed by atoms with van der Waals surface area (Å²) in [5, 5.41) is 10.2. The number of amides is 3. The van der Waals surface area contributed by atoms with E-state index in [1.165, 1.54) is 0 Å². The lowest BCUT2D eigenvalue weighted by Gasteiger charge is -2.40. The quantitative estimate of drug-likeness (QED) is 0.262. The SMILES string of the molecule is C=CCN(CCC)C(=O)[C@H]1[C@@H]2SC3(CC2Br)C(C(=O)N(CC=C)c2ccc(OC)cc2)N([C@@H](CC)CO)C(=O)[C@H]13. The van der Waals surface area contributed by atoms with E-state index in [9.17, 15) is 19.5 Å². The van der Waals surface area contributed by atoms with E-state index in [1.807, 2.05) is 26.0 Å². The van der Waals surface area contributed by atoms with Gasteiger partial charge in [0.05, 0.1) is 36.3 Å². The van der Waals surface area contributed by atoms with Crippen molar-refractivity contribution in [3.63, 3.8) is 0 Å². The number of rotatable bonds is 13. The van der Waals surface area contributed by atoms with Crippen molar-refractivity contribution >= 4 is 51.1 Å². The van der Waals surface area contributed by atoms with Gasteiger partial charge in [-0.3, -0.25) is 14.4 Å². The fraction of sp³-hybridized carbons (Fsp3) is 0.567. The number of hydrogen-bond donors (Lipinski definition) is 1. The average molecular weight is 635 g/mol. The molecule has 3 heterocycles. The second-order valence-electron chi connectivity index (χ2n) is 10.7. The molecule has 218 valence electrons. The van der Waals surface area contributed by atoms with Gasteiger partial charge in [0.1, 0.15) is 11.8 Å². The lowest BCUT2D eigenvalue weighted by atomic mass is 9.70. The summed E-state index contributed by atoms with van der Waals surface area (Å²) in [5.41, 5.74) is 0.663. The van der Waals surface area contributed by atoms with Crippen LogP contribution in [0.1, 0.15) is 33.1 Å². The first kappa shape index (κ1) is 30.7. The molecule has 0 aliphatic carbocycles. The van der Waals surface area contributed by atoms with Gasteiger partial charge in [0, 0.05) is 35.4 Å². The molecule has 1 aromatic carbocycles. The number of aliphatic hydroxyl groups excluding tert-OH is 1. The molecule has 3 unspecified atom stereocenters. The number of likely N-dealkylation sites (tertiary alicyclic amines) is 1. The van der Waals surface area contributed by atoms with Crippen LogP contribution < -0.4 is 9.64 Å². The Balaban J connectivity index is 1.82. The number of nitrogens with zero attached hydrogens (tertiary/aromatic N) is 3. The van der Waals surface area contributed by atoms with Crippen LogP contribution in [0.15, 0.2) is 49.6 Å². The maximum Gasteiger partial charge on any atom is 0.251 e. The Morgan fingerprint density at radius 2 is 1.90 bits per heavy atom. The Labute approximate surface area is 249 Å². The molecule has 2 bridgehead atoms. The van der Waals surface area contributed by atoms with Gasteiger partial charge in [-0.15, -0.1) is 24.9 Å². The van der Waals surface area contributed by atoms with Crippen LogP contribution in [0, 0.1) is 11.8 Å². The van der Waals surface area contributed by atoms with Crippen molar-refractivity contribution < 1.29 is 24.2 Å². The monoisotopic (exact) mass is 633 g/mol. The van der Waals surface area contributed by atoms with E-state index >= 15 is 0 Å². The Bertz CT molecular complexity index is 1130. The standard InChI is InChI=1S/C30H40BrN3O5S/c1-6-14-32(15-7-2)27(36)23-24-28(37)34(19(9-4)18-35)26(30(24)17-22(31)25(23)40-30)29(38)33(16-8-3)20-10-12-21(39-5)13-11-20/h6,8,10-13,19,22-26,35H,1,3,7,9,14-18H2,2,4-5H3/t19-,22?,23+,24-,25+,26?,30?/m0/s1. The normalized spacial score (nSPS) is 29.2. The molecule has 0 saturated carbocycles. The van der Waals surface area contributed by atoms with Crippen molar-refractivity contribution in [2.24, 2.45) is 11.8 Å². The molecule has 3 fully saturated rings. The first-order chi connectivity index (χ1) is 19.2. The van der Waals surface area contributed by atoms with Gasteiger partial charge in [-0.1, -0.05) is 41.9 Å².